The van der Waals surface area contributed by atoms with Crippen LogP contribution in [0.5, 0.6) is 0 Å². The molecule has 1 amide bonds. The van der Waals surface area contributed by atoms with Gasteiger partial charge in [-0.15, -0.1) is 0 Å². The first-order valence-electron chi connectivity index (χ1n) is 10.8. The molecule has 3 aromatic rings. The standard InChI is InChI=1S/C24H25FN4O2/c1-14-27-23(29-31-14)24(2,12-15-3-4-15)28-22(30)17-7-9-19(16-5-6-16)20(11-17)18-8-10-21(25)26-13-18/h7-11,13,15-16H,3-6,12H2,1-2H3,(H,28,30)/t24-/m1/s1. The van der Waals surface area contributed by atoms with Crippen molar-refractivity contribution in [3.63, 3.8) is 0 Å². The summed E-state index contributed by atoms with van der Waals surface area (Å²) in [7, 11) is 0. The van der Waals surface area contributed by atoms with E-state index in [-0.39, 0.29) is 5.91 Å². The fourth-order valence-electron chi connectivity index (χ4n) is 4.18. The molecule has 0 bridgehead atoms. The maximum Gasteiger partial charge on any atom is 0.252 e. The number of carbonyl (C=O) groups excluding carboxylic acids is 1. The van der Waals surface area contributed by atoms with E-state index in [0.717, 1.165) is 43.2 Å². The van der Waals surface area contributed by atoms with Crippen LogP contribution < -0.4 is 5.32 Å². The molecule has 160 valence electrons. The van der Waals surface area contributed by atoms with Crippen LogP contribution in [0.2, 0.25) is 0 Å². The summed E-state index contributed by atoms with van der Waals surface area (Å²) in [6.45, 7) is 3.70. The highest BCUT2D eigenvalue weighted by Gasteiger charge is 2.39. The number of pyridine rings is 1. The summed E-state index contributed by atoms with van der Waals surface area (Å²) in [6, 6.07) is 8.83. The topological polar surface area (TPSA) is 80.9 Å². The highest BCUT2D eigenvalue weighted by molar-refractivity contribution is 5.96. The van der Waals surface area contributed by atoms with Gasteiger partial charge in [0.15, 0.2) is 5.82 Å². The predicted octanol–water partition coefficient (Wildman–Crippen LogP) is 4.90. The molecule has 0 saturated heterocycles. The third-order valence-corrected chi connectivity index (χ3v) is 6.18. The van der Waals surface area contributed by atoms with E-state index < -0.39 is 11.5 Å². The summed E-state index contributed by atoms with van der Waals surface area (Å²) in [5.74, 6) is 1.32. The van der Waals surface area contributed by atoms with Crippen LogP contribution in [0.3, 0.4) is 0 Å². The highest BCUT2D eigenvalue weighted by atomic mass is 19.1. The molecule has 5 rings (SSSR count). The molecule has 6 nitrogen and oxygen atoms in total. The summed E-state index contributed by atoms with van der Waals surface area (Å²) < 4.78 is 18.5. The van der Waals surface area contributed by atoms with Crippen LogP contribution in [0, 0.1) is 18.8 Å². The lowest BCUT2D eigenvalue weighted by Gasteiger charge is -2.28. The van der Waals surface area contributed by atoms with Crippen LogP contribution in [-0.2, 0) is 5.54 Å². The third-order valence-electron chi connectivity index (χ3n) is 6.18. The monoisotopic (exact) mass is 420 g/mol. The number of amides is 1. The lowest BCUT2D eigenvalue weighted by atomic mass is 9.92. The quantitative estimate of drug-likeness (QED) is 0.550. The number of aromatic nitrogens is 3. The first-order valence-corrected chi connectivity index (χ1v) is 10.8. The average molecular weight is 420 g/mol. The Morgan fingerprint density at radius 2 is 2.03 bits per heavy atom. The van der Waals surface area contributed by atoms with Gasteiger partial charge in [0, 0.05) is 24.2 Å². The Kier molecular flexibility index (Phi) is 4.84. The average Bonchev–Trinajstić information content (AvgIpc) is 3.68. The number of halogens is 1. The van der Waals surface area contributed by atoms with Crippen molar-refractivity contribution in [1.82, 2.24) is 20.4 Å². The second-order valence-electron chi connectivity index (χ2n) is 9.02. The minimum Gasteiger partial charge on any atom is -0.340 e. The van der Waals surface area contributed by atoms with E-state index >= 15 is 0 Å². The Labute approximate surface area is 180 Å². The van der Waals surface area contributed by atoms with Gasteiger partial charge in [0.2, 0.25) is 11.8 Å². The summed E-state index contributed by atoms with van der Waals surface area (Å²) in [5, 5.41) is 7.25. The lowest BCUT2D eigenvalue weighted by molar-refractivity contribution is 0.0890. The van der Waals surface area contributed by atoms with Crippen molar-refractivity contribution in [2.75, 3.05) is 0 Å². The van der Waals surface area contributed by atoms with Gasteiger partial charge < -0.3 is 9.84 Å². The summed E-state index contributed by atoms with van der Waals surface area (Å²) >= 11 is 0. The summed E-state index contributed by atoms with van der Waals surface area (Å²) in [5.41, 5.74) is 2.77. The minimum absolute atomic E-state index is 0.190. The van der Waals surface area contributed by atoms with E-state index in [1.807, 2.05) is 25.1 Å². The lowest BCUT2D eigenvalue weighted by Crippen LogP contribution is -2.44. The second-order valence-corrected chi connectivity index (χ2v) is 9.02. The molecule has 2 aliphatic rings. The molecule has 2 saturated carbocycles. The van der Waals surface area contributed by atoms with E-state index in [2.05, 4.69) is 20.4 Å². The zero-order valence-electron chi connectivity index (χ0n) is 17.7. The van der Waals surface area contributed by atoms with Gasteiger partial charge in [-0.3, -0.25) is 4.79 Å². The Bertz CT molecular complexity index is 1120. The van der Waals surface area contributed by atoms with Gasteiger partial charge in [0.25, 0.3) is 5.91 Å². The Morgan fingerprint density at radius 3 is 2.65 bits per heavy atom. The molecule has 1 aromatic carbocycles. The molecule has 7 heteroatoms. The smallest absolute Gasteiger partial charge is 0.252 e. The van der Waals surface area contributed by atoms with Crippen LogP contribution in [-0.4, -0.2) is 21.0 Å². The van der Waals surface area contributed by atoms with Crippen molar-refractivity contribution in [2.24, 2.45) is 5.92 Å². The highest BCUT2D eigenvalue weighted by Crippen LogP contribution is 2.45. The molecule has 1 atom stereocenters. The number of rotatable bonds is 7. The van der Waals surface area contributed by atoms with Gasteiger partial charge in [-0.2, -0.15) is 9.37 Å². The molecular formula is C24H25FN4O2. The number of nitrogens with zero attached hydrogens (tertiary/aromatic N) is 3. The van der Waals surface area contributed by atoms with Gasteiger partial charge in [-0.25, -0.2) is 4.98 Å². The number of nitrogens with one attached hydrogen (secondary N) is 1. The summed E-state index contributed by atoms with van der Waals surface area (Å²) in [4.78, 5) is 21.5. The molecule has 0 spiro atoms. The van der Waals surface area contributed by atoms with E-state index in [0.29, 0.717) is 29.1 Å². The molecule has 2 aromatic heterocycles. The fourth-order valence-corrected chi connectivity index (χ4v) is 4.18. The summed E-state index contributed by atoms with van der Waals surface area (Å²) in [6.07, 6.45) is 6.86. The van der Waals surface area contributed by atoms with Crippen LogP contribution in [0.25, 0.3) is 11.1 Å². The van der Waals surface area contributed by atoms with Gasteiger partial charge in [0.05, 0.1) is 0 Å². The number of carbonyl (C=O) groups is 1. The van der Waals surface area contributed by atoms with Gasteiger partial charge >= 0.3 is 0 Å². The van der Waals surface area contributed by atoms with Gasteiger partial charge in [-0.05, 0) is 73.4 Å². The van der Waals surface area contributed by atoms with Gasteiger partial charge in [0.1, 0.15) is 5.54 Å². The molecule has 1 N–H and O–H groups in total. The van der Waals surface area contributed by atoms with Crippen molar-refractivity contribution < 1.29 is 13.7 Å². The maximum absolute atomic E-state index is 13.3. The van der Waals surface area contributed by atoms with Crippen LogP contribution in [0.15, 0.2) is 41.1 Å². The van der Waals surface area contributed by atoms with E-state index in [1.54, 1.807) is 13.0 Å². The number of hydrogen-bond donors (Lipinski definition) is 1. The van der Waals surface area contributed by atoms with Crippen LogP contribution >= 0.6 is 0 Å². The van der Waals surface area contributed by atoms with Gasteiger partial charge in [-0.1, -0.05) is 24.1 Å². The molecule has 0 unspecified atom stereocenters. The van der Waals surface area contributed by atoms with Crippen molar-refractivity contribution in [3.05, 3.63) is 65.3 Å². The molecule has 0 radical (unpaired) electrons. The number of hydrogen-bond acceptors (Lipinski definition) is 5. The van der Waals surface area contributed by atoms with E-state index in [4.69, 9.17) is 4.52 Å². The van der Waals surface area contributed by atoms with E-state index in [1.165, 1.54) is 17.8 Å². The molecule has 2 heterocycles. The molecule has 2 fully saturated rings. The number of benzene rings is 1. The van der Waals surface area contributed by atoms with Crippen LogP contribution in [0.1, 0.15) is 72.6 Å². The van der Waals surface area contributed by atoms with Crippen molar-refractivity contribution in [3.8, 4) is 11.1 Å². The predicted molar refractivity (Wildman–Crippen MR) is 113 cm³/mol. The zero-order valence-corrected chi connectivity index (χ0v) is 17.7. The van der Waals surface area contributed by atoms with Crippen molar-refractivity contribution in [2.45, 2.75) is 57.4 Å². The van der Waals surface area contributed by atoms with E-state index in [9.17, 15) is 9.18 Å². The number of aryl methyl sites for hydroxylation is 1. The van der Waals surface area contributed by atoms with Crippen molar-refractivity contribution >= 4 is 5.91 Å². The molecule has 2 aliphatic carbocycles. The Hall–Kier alpha value is -3.09. The molecule has 31 heavy (non-hydrogen) atoms. The SMILES string of the molecule is Cc1nc([C@@](C)(CC2CC2)NC(=O)c2ccc(C3CC3)c(-c3ccc(F)nc3)c2)no1. The Morgan fingerprint density at radius 1 is 1.23 bits per heavy atom. The molecule has 0 aliphatic heterocycles. The second kappa shape index (κ2) is 7.55. The zero-order chi connectivity index (χ0) is 21.6. The fraction of sp³-hybridized carbons (Fsp3) is 0.417. The normalized spacial score (nSPS) is 17.9. The van der Waals surface area contributed by atoms with Crippen molar-refractivity contribution in [1.29, 1.82) is 0 Å². The molecular weight excluding hydrogens is 395 g/mol. The third kappa shape index (κ3) is 4.22. The Balaban J connectivity index is 1.46. The van der Waals surface area contributed by atoms with Crippen LogP contribution in [0.4, 0.5) is 4.39 Å². The minimum atomic E-state index is -0.706. The first kappa shape index (κ1) is 19.8. The maximum atomic E-state index is 13.3. The first-order chi connectivity index (χ1) is 14.9. The largest absolute Gasteiger partial charge is 0.340 e.